The van der Waals surface area contributed by atoms with E-state index in [0.29, 0.717) is 10.4 Å². The van der Waals surface area contributed by atoms with Crippen LogP contribution >= 0.6 is 23.2 Å². The van der Waals surface area contributed by atoms with E-state index in [1.165, 1.54) is 24.3 Å². The maximum atomic E-state index is 13.1. The molecule has 0 spiro atoms. The van der Waals surface area contributed by atoms with Crippen LogP contribution in [0.3, 0.4) is 0 Å². The fraction of sp³-hybridized carbons (Fsp3) is 0.235. The molecule has 0 saturated carbocycles. The molecule has 0 fully saturated rings. The minimum atomic E-state index is -4.73. The second-order valence-electron chi connectivity index (χ2n) is 5.76. The number of carbonyl (C=O) groups is 1. The number of aryl methyl sites for hydroxylation is 1. The molecule has 0 heterocycles. The molecular formula is C17H14Cl2F3NO3S. The van der Waals surface area contributed by atoms with Gasteiger partial charge in [0.2, 0.25) is 5.24 Å². The van der Waals surface area contributed by atoms with E-state index in [1.807, 2.05) is 0 Å². The summed E-state index contributed by atoms with van der Waals surface area (Å²) in [5.41, 5.74) is -0.826. The third-order valence-electron chi connectivity index (χ3n) is 3.77. The van der Waals surface area contributed by atoms with Gasteiger partial charge < -0.3 is 0 Å². The molecule has 146 valence electrons. The molecule has 0 aliphatic rings. The van der Waals surface area contributed by atoms with E-state index in [1.54, 1.807) is 6.92 Å². The van der Waals surface area contributed by atoms with E-state index in [0.717, 1.165) is 24.6 Å². The van der Waals surface area contributed by atoms with Gasteiger partial charge in [0.1, 0.15) is 6.04 Å². The van der Waals surface area contributed by atoms with E-state index in [9.17, 15) is 26.4 Å². The Kier molecular flexibility index (Phi) is 6.13. The van der Waals surface area contributed by atoms with Crippen LogP contribution in [0.1, 0.15) is 18.1 Å². The van der Waals surface area contributed by atoms with Gasteiger partial charge in [-0.25, -0.2) is 8.42 Å². The van der Waals surface area contributed by atoms with Crippen molar-refractivity contribution < 1.29 is 26.4 Å². The average Bonchev–Trinajstić information content (AvgIpc) is 2.55. The van der Waals surface area contributed by atoms with Crippen LogP contribution in [-0.4, -0.2) is 19.7 Å². The molecule has 0 bridgehead atoms. The molecule has 1 atom stereocenters. The number of carbonyl (C=O) groups excluding carboxylic acids is 1. The van der Waals surface area contributed by atoms with Crippen LogP contribution in [0.25, 0.3) is 0 Å². The lowest BCUT2D eigenvalue weighted by Gasteiger charge is -2.29. The Morgan fingerprint density at radius 3 is 2.15 bits per heavy atom. The minimum absolute atomic E-state index is 0.216. The monoisotopic (exact) mass is 439 g/mol. The van der Waals surface area contributed by atoms with Crippen LogP contribution in [-0.2, 0) is 21.0 Å². The standard InChI is InChI=1S/C17H14Cl2F3NO3S/c1-10-3-6-13(7-4-10)27(25,26)23(11(2)16(19)24)15-9-12(17(20,21)22)5-8-14(15)18/h3-9,11H,1-2H3. The van der Waals surface area contributed by atoms with Crippen molar-refractivity contribution in [3.63, 3.8) is 0 Å². The van der Waals surface area contributed by atoms with Crippen LogP contribution < -0.4 is 4.31 Å². The van der Waals surface area contributed by atoms with Crippen molar-refractivity contribution in [3.8, 4) is 0 Å². The average molecular weight is 440 g/mol. The highest BCUT2D eigenvalue weighted by molar-refractivity contribution is 7.93. The van der Waals surface area contributed by atoms with Crippen LogP contribution in [0.15, 0.2) is 47.4 Å². The Balaban J connectivity index is 2.73. The predicted molar refractivity (Wildman–Crippen MR) is 97.6 cm³/mol. The molecule has 0 aliphatic heterocycles. The van der Waals surface area contributed by atoms with Gasteiger partial charge in [0, 0.05) is 0 Å². The number of alkyl halides is 3. The summed E-state index contributed by atoms with van der Waals surface area (Å²) in [5, 5.41) is -1.34. The van der Waals surface area contributed by atoms with Gasteiger partial charge in [-0.3, -0.25) is 9.10 Å². The van der Waals surface area contributed by atoms with Crippen molar-refractivity contribution in [2.45, 2.75) is 31.0 Å². The van der Waals surface area contributed by atoms with E-state index < -0.39 is 38.7 Å². The zero-order valence-corrected chi connectivity index (χ0v) is 16.4. The number of hydrogen-bond donors (Lipinski definition) is 0. The molecular weight excluding hydrogens is 426 g/mol. The molecule has 27 heavy (non-hydrogen) atoms. The predicted octanol–water partition coefficient (Wildman–Crippen LogP) is 5.02. The summed E-state index contributed by atoms with van der Waals surface area (Å²) < 4.78 is 65.9. The number of anilines is 1. The fourth-order valence-corrected chi connectivity index (χ4v) is 4.36. The Labute approximate surface area is 164 Å². The second kappa shape index (κ2) is 7.69. The molecule has 0 radical (unpaired) electrons. The molecule has 2 aromatic rings. The highest BCUT2D eigenvalue weighted by Crippen LogP contribution is 2.38. The van der Waals surface area contributed by atoms with Crippen LogP contribution in [0.4, 0.5) is 18.9 Å². The first-order chi connectivity index (χ1) is 12.4. The Morgan fingerprint density at radius 1 is 1.11 bits per heavy atom. The molecule has 0 amide bonds. The highest BCUT2D eigenvalue weighted by Gasteiger charge is 2.37. The summed E-state index contributed by atoms with van der Waals surface area (Å²) in [6.07, 6.45) is -4.73. The smallest absolute Gasteiger partial charge is 0.279 e. The summed E-state index contributed by atoms with van der Waals surface area (Å²) in [5.74, 6) is 0. The fourth-order valence-electron chi connectivity index (χ4n) is 2.32. The maximum Gasteiger partial charge on any atom is 0.416 e. The van der Waals surface area contributed by atoms with Gasteiger partial charge in [-0.15, -0.1) is 0 Å². The lowest BCUT2D eigenvalue weighted by Crippen LogP contribution is -2.42. The normalized spacial score (nSPS) is 13.3. The van der Waals surface area contributed by atoms with Crippen LogP contribution in [0.5, 0.6) is 0 Å². The topological polar surface area (TPSA) is 54.5 Å². The largest absolute Gasteiger partial charge is 0.416 e. The zero-order valence-electron chi connectivity index (χ0n) is 14.1. The Hall–Kier alpha value is -1.77. The minimum Gasteiger partial charge on any atom is -0.279 e. The molecule has 2 rings (SSSR count). The van der Waals surface area contributed by atoms with Gasteiger partial charge in [0.15, 0.2) is 0 Å². The van der Waals surface area contributed by atoms with Crippen molar-refractivity contribution in [3.05, 3.63) is 58.6 Å². The second-order valence-corrected chi connectivity index (χ2v) is 8.35. The molecule has 2 aromatic carbocycles. The molecule has 0 N–H and O–H groups in total. The number of halogens is 5. The first kappa shape index (κ1) is 21.5. The van der Waals surface area contributed by atoms with E-state index in [-0.39, 0.29) is 9.92 Å². The van der Waals surface area contributed by atoms with Crippen molar-refractivity contribution in [2.75, 3.05) is 4.31 Å². The highest BCUT2D eigenvalue weighted by atomic mass is 35.5. The third-order valence-corrected chi connectivity index (χ3v) is 6.30. The summed E-state index contributed by atoms with van der Waals surface area (Å²) >= 11 is 11.4. The van der Waals surface area contributed by atoms with Gasteiger partial charge in [-0.2, -0.15) is 13.2 Å². The van der Waals surface area contributed by atoms with Crippen molar-refractivity contribution >= 4 is 44.2 Å². The molecule has 10 heteroatoms. The first-order valence-corrected chi connectivity index (χ1v) is 9.72. The van der Waals surface area contributed by atoms with Crippen molar-refractivity contribution in [1.29, 1.82) is 0 Å². The summed E-state index contributed by atoms with van der Waals surface area (Å²) in [6, 6.07) is 6.33. The number of hydrogen-bond acceptors (Lipinski definition) is 3. The van der Waals surface area contributed by atoms with Gasteiger partial charge in [-0.05, 0) is 55.8 Å². The first-order valence-electron chi connectivity index (χ1n) is 7.53. The van der Waals surface area contributed by atoms with Gasteiger partial charge in [-0.1, -0.05) is 29.3 Å². The summed E-state index contributed by atoms with van der Waals surface area (Å²) in [7, 11) is -4.42. The number of sulfonamides is 1. The van der Waals surface area contributed by atoms with Crippen LogP contribution in [0.2, 0.25) is 5.02 Å². The Morgan fingerprint density at radius 2 is 1.67 bits per heavy atom. The van der Waals surface area contributed by atoms with E-state index in [2.05, 4.69) is 0 Å². The number of benzene rings is 2. The lowest BCUT2D eigenvalue weighted by atomic mass is 10.2. The van der Waals surface area contributed by atoms with Crippen LogP contribution in [0, 0.1) is 6.92 Å². The lowest BCUT2D eigenvalue weighted by molar-refractivity contribution is -0.137. The number of rotatable bonds is 5. The zero-order chi connectivity index (χ0) is 20.6. The van der Waals surface area contributed by atoms with Gasteiger partial charge in [0.25, 0.3) is 10.0 Å². The SMILES string of the molecule is Cc1ccc(S(=O)(=O)N(c2cc(C(F)(F)F)ccc2Cl)C(C)C(=O)Cl)cc1. The molecule has 0 aliphatic carbocycles. The van der Waals surface area contributed by atoms with E-state index in [4.69, 9.17) is 23.2 Å². The number of nitrogens with zero attached hydrogens (tertiary/aromatic N) is 1. The van der Waals surface area contributed by atoms with Gasteiger partial charge in [0.05, 0.1) is 21.2 Å². The molecule has 1 unspecified atom stereocenters. The van der Waals surface area contributed by atoms with Crippen molar-refractivity contribution in [1.82, 2.24) is 0 Å². The summed E-state index contributed by atoms with van der Waals surface area (Å²) in [4.78, 5) is 11.5. The summed E-state index contributed by atoms with van der Waals surface area (Å²) in [6.45, 7) is 2.90. The van der Waals surface area contributed by atoms with Crippen molar-refractivity contribution in [2.24, 2.45) is 0 Å². The van der Waals surface area contributed by atoms with Gasteiger partial charge >= 0.3 is 6.18 Å². The molecule has 4 nitrogen and oxygen atoms in total. The maximum absolute atomic E-state index is 13.1. The van der Waals surface area contributed by atoms with E-state index >= 15 is 0 Å². The Bertz CT molecular complexity index is 960. The molecule has 0 saturated heterocycles. The molecule has 0 aromatic heterocycles. The third kappa shape index (κ3) is 4.56. The quantitative estimate of drug-likeness (QED) is 0.614.